The summed E-state index contributed by atoms with van der Waals surface area (Å²) in [6.45, 7) is 6.54. The standard InChI is InChI=1S/C17H24N2O4/c1-12(2)11-19(9-8-16(21)22)17(23)15-6-4-14(5-7-15)10-18-13(3)20/h4-7,12H,8-11H2,1-3H3,(H,18,20)(H,21,22). The molecule has 0 aliphatic heterocycles. The normalized spacial score (nSPS) is 10.4. The fraction of sp³-hybridized carbons (Fsp3) is 0.471. The number of benzene rings is 1. The number of amides is 2. The van der Waals surface area contributed by atoms with E-state index in [2.05, 4.69) is 5.32 Å². The summed E-state index contributed by atoms with van der Waals surface area (Å²) in [5, 5.41) is 11.5. The molecule has 0 spiro atoms. The average Bonchev–Trinajstić information content (AvgIpc) is 2.48. The molecule has 0 radical (unpaired) electrons. The van der Waals surface area contributed by atoms with Crippen LogP contribution in [0.4, 0.5) is 0 Å². The van der Waals surface area contributed by atoms with Gasteiger partial charge in [-0.1, -0.05) is 26.0 Å². The molecule has 1 aromatic carbocycles. The molecule has 0 fully saturated rings. The first-order chi connectivity index (χ1) is 10.8. The highest BCUT2D eigenvalue weighted by Gasteiger charge is 2.17. The number of carbonyl (C=O) groups excluding carboxylic acids is 2. The molecule has 2 N–H and O–H groups in total. The lowest BCUT2D eigenvalue weighted by molar-refractivity contribution is -0.137. The predicted octanol–water partition coefficient (Wildman–Crippen LogP) is 1.90. The van der Waals surface area contributed by atoms with Crippen molar-refractivity contribution in [3.63, 3.8) is 0 Å². The Kier molecular flexibility index (Phi) is 7.25. The van der Waals surface area contributed by atoms with Gasteiger partial charge >= 0.3 is 5.97 Å². The number of carboxylic acids is 1. The second kappa shape index (κ2) is 8.92. The molecule has 23 heavy (non-hydrogen) atoms. The van der Waals surface area contributed by atoms with Gasteiger partial charge in [-0.25, -0.2) is 0 Å². The monoisotopic (exact) mass is 320 g/mol. The Balaban J connectivity index is 2.77. The van der Waals surface area contributed by atoms with E-state index in [1.54, 1.807) is 29.2 Å². The largest absolute Gasteiger partial charge is 0.481 e. The Bertz CT molecular complexity index is 552. The number of carboxylic acid groups (broad SMARTS) is 1. The lowest BCUT2D eigenvalue weighted by Gasteiger charge is -2.24. The van der Waals surface area contributed by atoms with Crippen LogP contribution in [0.5, 0.6) is 0 Å². The van der Waals surface area contributed by atoms with Crippen molar-refractivity contribution in [1.29, 1.82) is 0 Å². The third kappa shape index (κ3) is 6.95. The minimum atomic E-state index is -0.919. The van der Waals surface area contributed by atoms with Gasteiger partial charge in [0.1, 0.15) is 0 Å². The molecule has 0 aliphatic carbocycles. The minimum absolute atomic E-state index is 0.0704. The smallest absolute Gasteiger partial charge is 0.305 e. The molecule has 0 atom stereocenters. The second-order valence-corrected chi connectivity index (χ2v) is 5.90. The van der Waals surface area contributed by atoms with Crippen molar-refractivity contribution < 1.29 is 19.5 Å². The summed E-state index contributed by atoms with van der Waals surface area (Å²) >= 11 is 0. The Labute approximate surface area is 136 Å². The second-order valence-electron chi connectivity index (χ2n) is 5.90. The first-order valence-electron chi connectivity index (χ1n) is 7.64. The summed E-state index contributed by atoms with van der Waals surface area (Å²) < 4.78 is 0. The maximum Gasteiger partial charge on any atom is 0.305 e. The number of nitrogens with one attached hydrogen (secondary N) is 1. The summed E-state index contributed by atoms with van der Waals surface area (Å²) in [6.07, 6.45) is -0.0704. The van der Waals surface area contributed by atoms with Crippen LogP contribution in [0.2, 0.25) is 0 Å². The lowest BCUT2D eigenvalue weighted by atomic mass is 10.1. The third-order valence-corrected chi connectivity index (χ3v) is 3.21. The molecule has 2 amide bonds. The topological polar surface area (TPSA) is 86.7 Å². The van der Waals surface area contributed by atoms with Gasteiger partial charge in [-0.15, -0.1) is 0 Å². The Morgan fingerprint density at radius 3 is 2.26 bits per heavy atom. The van der Waals surface area contributed by atoms with E-state index in [-0.39, 0.29) is 30.7 Å². The van der Waals surface area contributed by atoms with E-state index in [4.69, 9.17) is 5.11 Å². The van der Waals surface area contributed by atoms with E-state index < -0.39 is 5.97 Å². The van der Waals surface area contributed by atoms with E-state index in [0.717, 1.165) is 5.56 Å². The number of nitrogens with zero attached hydrogens (tertiary/aromatic N) is 1. The van der Waals surface area contributed by atoms with Crippen molar-refractivity contribution in [2.75, 3.05) is 13.1 Å². The van der Waals surface area contributed by atoms with Crippen LogP contribution in [0, 0.1) is 5.92 Å². The van der Waals surface area contributed by atoms with Gasteiger partial charge < -0.3 is 15.3 Å². The zero-order chi connectivity index (χ0) is 17.4. The van der Waals surface area contributed by atoms with Crippen LogP contribution >= 0.6 is 0 Å². The summed E-state index contributed by atoms with van der Waals surface area (Å²) in [4.78, 5) is 35.7. The fourth-order valence-corrected chi connectivity index (χ4v) is 2.12. The highest BCUT2D eigenvalue weighted by molar-refractivity contribution is 5.94. The molecule has 1 rings (SSSR count). The molecule has 6 heteroatoms. The SMILES string of the molecule is CC(=O)NCc1ccc(C(=O)N(CCC(=O)O)CC(C)C)cc1. The first kappa shape index (κ1) is 18.7. The number of carbonyl (C=O) groups is 3. The van der Waals surface area contributed by atoms with Crippen molar-refractivity contribution in [3.8, 4) is 0 Å². The van der Waals surface area contributed by atoms with Gasteiger partial charge in [0.15, 0.2) is 0 Å². The maximum absolute atomic E-state index is 12.5. The number of aliphatic carboxylic acids is 1. The van der Waals surface area contributed by atoms with Crippen LogP contribution in [0.15, 0.2) is 24.3 Å². The van der Waals surface area contributed by atoms with Crippen LogP contribution < -0.4 is 5.32 Å². The van der Waals surface area contributed by atoms with Gasteiger partial charge in [-0.3, -0.25) is 14.4 Å². The molecule has 0 aliphatic rings. The molecule has 0 bridgehead atoms. The molecule has 0 heterocycles. The van der Waals surface area contributed by atoms with Crippen molar-refractivity contribution in [2.45, 2.75) is 33.7 Å². The van der Waals surface area contributed by atoms with Gasteiger partial charge in [0.05, 0.1) is 6.42 Å². The zero-order valence-corrected chi connectivity index (χ0v) is 13.8. The van der Waals surface area contributed by atoms with Crippen molar-refractivity contribution in [2.24, 2.45) is 5.92 Å². The van der Waals surface area contributed by atoms with Gasteiger partial charge in [0, 0.05) is 32.1 Å². The molecule has 0 unspecified atom stereocenters. The first-order valence-corrected chi connectivity index (χ1v) is 7.64. The Hall–Kier alpha value is -2.37. The van der Waals surface area contributed by atoms with Crippen LogP contribution in [0.25, 0.3) is 0 Å². The molecular formula is C17H24N2O4. The zero-order valence-electron chi connectivity index (χ0n) is 13.8. The van der Waals surface area contributed by atoms with Crippen molar-refractivity contribution in [1.82, 2.24) is 10.2 Å². The number of hydrogen-bond donors (Lipinski definition) is 2. The van der Waals surface area contributed by atoms with Crippen LogP contribution in [0.3, 0.4) is 0 Å². The van der Waals surface area contributed by atoms with E-state index >= 15 is 0 Å². The van der Waals surface area contributed by atoms with Gasteiger partial charge in [0.2, 0.25) is 5.91 Å². The van der Waals surface area contributed by atoms with Gasteiger partial charge in [0.25, 0.3) is 5.91 Å². The molecule has 6 nitrogen and oxygen atoms in total. The van der Waals surface area contributed by atoms with Crippen LogP contribution in [-0.4, -0.2) is 40.9 Å². The van der Waals surface area contributed by atoms with E-state index in [0.29, 0.717) is 18.7 Å². The highest BCUT2D eigenvalue weighted by atomic mass is 16.4. The molecule has 0 saturated heterocycles. The fourth-order valence-electron chi connectivity index (χ4n) is 2.12. The average molecular weight is 320 g/mol. The molecule has 1 aromatic rings. The van der Waals surface area contributed by atoms with E-state index in [1.165, 1.54) is 6.92 Å². The van der Waals surface area contributed by atoms with Crippen molar-refractivity contribution in [3.05, 3.63) is 35.4 Å². The minimum Gasteiger partial charge on any atom is -0.481 e. The Morgan fingerprint density at radius 2 is 1.78 bits per heavy atom. The summed E-state index contributed by atoms with van der Waals surface area (Å²) in [7, 11) is 0. The van der Waals surface area contributed by atoms with Gasteiger partial charge in [-0.05, 0) is 23.6 Å². The van der Waals surface area contributed by atoms with Crippen molar-refractivity contribution >= 4 is 17.8 Å². The van der Waals surface area contributed by atoms with E-state index in [9.17, 15) is 14.4 Å². The molecule has 0 saturated carbocycles. The summed E-state index contributed by atoms with van der Waals surface area (Å²) in [5.74, 6) is -0.947. The Morgan fingerprint density at radius 1 is 1.17 bits per heavy atom. The van der Waals surface area contributed by atoms with Gasteiger partial charge in [-0.2, -0.15) is 0 Å². The maximum atomic E-state index is 12.5. The summed E-state index contributed by atoms with van der Waals surface area (Å²) in [6, 6.07) is 6.98. The van der Waals surface area contributed by atoms with Crippen LogP contribution in [0.1, 0.15) is 43.1 Å². The third-order valence-electron chi connectivity index (χ3n) is 3.21. The van der Waals surface area contributed by atoms with E-state index in [1.807, 2.05) is 13.8 Å². The number of rotatable bonds is 8. The molecule has 126 valence electrons. The molecular weight excluding hydrogens is 296 g/mol. The molecule has 0 aromatic heterocycles. The quantitative estimate of drug-likeness (QED) is 0.766. The highest BCUT2D eigenvalue weighted by Crippen LogP contribution is 2.10. The predicted molar refractivity (Wildman–Crippen MR) is 87.0 cm³/mol. The summed E-state index contributed by atoms with van der Waals surface area (Å²) in [5.41, 5.74) is 1.42. The number of hydrogen-bond acceptors (Lipinski definition) is 3. The van der Waals surface area contributed by atoms with Crippen LogP contribution in [-0.2, 0) is 16.1 Å². The lowest BCUT2D eigenvalue weighted by Crippen LogP contribution is -2.36.